The van der Waals surface area contributed by atoms with Gasteiger partial charge in [-0.1, -0.05) is 29.8 Å². The van der Waals surface area contributed by atoms with E-state index in [0.29, 0.717) is 5.70 Å². The van der Waals surface area contributed by atoms with Crippen LogP contribution in [0.5, 0.6) is 0 Å². The van der Waals surface area contributed by atoms with Gasteiger partial charge in [-0.05, 0) is 32.4 Å². The van der Waals surface area contributed by atoms with Gasteiger partial charge in [-0.25, -0.2) is 0 Å². The molecule has 0 saturated heterocycles. The number of hydrogen-bond donors (Lipinski definition) is 2. The van der Waals surface area contributed by atoms with Crippen LogP contribution in [-0.4, -0.2) is 0 Å². The van der Waals surface area contributed by atoms with Crippen molar-refractivity contribution in [3.05, 3.63) is 46.3 Å². The molecule has 0 aliphatic rings. The van der Waals surface area contributed by atoms with Crippen molar-refractivity contribution in [2.75, 3.05) is 0 Å². The average Bonchev–Trinajstić information content (AvgIpc) is 2.10. The van der Waals surface area contributed by atoms with Gasteiger partial charge in [0.1, 0.15) is 0 Å². The van der Waals surface area contributed by atoms with Crippen LogP contribution in [0, 0.1) is 0 Å². The van der Waals surface area contributed by atoms with Crippen LogP contribution >= 0.6 is 11.6 Å². The van der Waals surface area contributed by atoms with E-state index in [1.807, 2.05) is 39.0 Å². The molecule has 3 heteroatoms. The zero-order valence-electron chi connectivity index (χ0n) is 8.84. The number of rotatable bonds is 3. The molecule has 0 amide bonds. The Bertz CT molecular complexity index is 301. The molecule has 0 saturated carbocycles. The van der Waals surface area contributed by atoms with Gasteiger partial charge in [0.25, 0.3) is 0 Å². The van der Waals surface area contributed by atoms with Crippen LogP contribution in [-0.2, 0) is 0 Å². The van der Waals surface area contributed by atoms with Crippen LogP contribution in [0.3, 0.4) is 0 Å². The predicted molar refractivity (Wildman–Crippen MR) is 63.6 cm³/mol. The molecule has 0 radical (unpaired) electrons. The number of hydrogen-bond acceptors (Lipinski definition) is 2. The molecule has 14 heavy (non-hydrogen) atoms. The van der Waals surface area contributed by atoms with E-state index in [9.17, 15) is 0 Å². The minimum atomic E-state index is 0.230. The lowest BCUT2D eigenvalue weighted by molar-refractivity contribution is 1.24. The van der Waals surface area contributed by atoms with Crippen molar-refractivity contribution in [2.24, 2.45) is 11.5 Å². The van der Waals surface area contributed by atoms with E-state index in [2.05, 4.69) is 0 Å². The normalized spacial score (nSPS) is 16.0. The van der Waals surface area contributed by atoms with Crippen molar-refractivity contribution in [3.8, 4) is 0 Å². The summed E-state index contributed by atoms with van der Waals surface area (Å²) in [6.07, 6.45) is 7.52. The Morgan fingerprint density at radius 3 is 2.07 bits per heavy atom. The minimum Gasteiger partial charge on any atom is -0.402 e. The fraction of sp³-hybridized carbons (Fsp3) is 0.273. The van der Waals surface area contributed by atoms with Gasteiger partial charge in [0.15, 0.2) is 0 Å². The molecule has 0 aliphatic heterocycles. The molecule has 0 aliphatic carbocycles. The van der Waals surface area contributed by atoms with E-state index in [1.165, 1.54) is 0 Å². The first-order valence-corrected chi connectivity index (χ1v) is 4.79. The SMILES string of the molecule is C\C=C/C(=C\C)C(/C=C(\N)Cl)=C(\C)N. The molecule has 0 aromatic carbocycles. The van der Waals surface area contributed by atoms with Crippen molar-refractivity contribution in [3.63, 3.8) is 0 Å². The summed E-state index contributed by atoms with van der Waals surface area (Å²) in [7, 11) is 0. The fourth-order valence-electron chi connectivity index (χ4n) is 1.08. The van der Waals surface area contributed by atoms with Gasteiger partial charge in [0.05, 0.1) is 5.16 Å². The van der Waals surface area contributed by atoms with Gasteiger partial charge in [-0.2, -0.15) is 0 Å². The third-order valence-electron chi connectivity index (χ3n) is 1.68. The predicted octanol–water partition coefficient (Wildman–Crippen LogP) is 2.78. The molecule has 4 N–H and O–H groups in total. The first-order valence-electron chi connectivity index (χ1n) is 4.41. The van der Waals surface area contributed by atoms with Crippen LogP contribution in [0.1, 0.15) is 20.8 Å². The first kappa shape index (κ1) is 12.8. The van der Waals surface area contributed by atoms with Gasteiger partial charge in [-0.15, -0.1) is 0 Å². The van der Waals surface area contributed by atoms with E-state index in [0.717, 1.165) is 11.1 Å². The summed E-state index contributed by atoms with van der Waals surface area (Å²) in [5.74, 6) is 0. The molecule has 0 heterocycles. The summed E-state index contributed by atoms with van der Waals surface area (Å²) in [6.45, 7) is 5.70. The highest BCUT2D eigenvalue weighted by Gasteiger charge is 2.01. The zero-order valence-corrected chi connectivity index (χ0v) is 9.60. The third kappa shape index (κ3) is 4.19. The summed E-state index contributed by atoms with van der Waals surface area (Å²) >= 11 is 5.62. The van der Waals surface area contributed by atoms with Crippen molar-refractivity contribution >= 4 is 11.6 Å². The fourth-order valence-corrected chi connectivity index (χ4v) is 1.19. The average molecular weight is 213 g/mol. The summed E-state index contributed by atoms with van der Waals surface area (Å²) < 4.78 is 0. The Morgan fingerprint density at radius 1 is 1.21 bits per heavy atom. The molecule has 0 aromatic rings. The molecule has 0 aromatic heterocycles. The Hall–Kier alpha value is -1.15. The molecule has 0 unspecified atom stereocenters. The number of allylic oxidation sites excluding steroid dienone is 7. The molecular formula is C11H17ClN2. The van der Waals surface area contributed by atoms with Crippen molar-refractivity contribution in [1.82, 2.24) is 0 Å². The van der Waals surface area contributed by atoms with Crippen molar-refractivity contribution in [2.45, 2.75) is 20.8 Å². The molecule has 0 atom stereocenters. The van der Waals surface area contributed by atoms with Gasteiger partial charge < -0.3 is 11.5 Å². The van der Waals surface area contributed by atoms with E-state index < -0.39 is 0 Å². The summed E-state index contributed by atoms with van der Waals surface area (Å²) in [5.41, 5.74) is 13.7. The molecule has 78 valence electrons. The summed E-state index contributed by atoms with van der Waals surface area (Å²) in [4.78, 5) is 0. The quantitative estimate of drug-likeness (QED) is 0.559. The highest BCUT2D eigenvalue weighted by atomic mass is 35.5. The van der Waals surface area contributed by atoms with Crippen LogP contribution in [0.4, 0.5) is 0 Å². The highest BCUT2D eigenvalue weighted by Crippen LogP contribution is 2.17. The maximum absolute atomic E-state index is 5.74. The zero-order chi connectivity index (χ0) is 11.1. The molecule has 0 rings (SSSR count). The van der Waals surface area contributed by atoms with E-state index in [-0.39, 0.29) is 5.16 Å². The Morgan fingerprint density at radius 2 is 1.79 bits per heavy atom. The van der Waals surface area contributed by atoms with Crippen LogP contribution < -0.4 is 11.5 Å². The van der Waals surface area contributed by atoms with Crippen LogP contribution in [0.25, 0.3) is 0 Å². The second kappa shape index (κ2) is 6.33. The second-order valence-corrected chi connectivity index (χ2v) is 3.31. The highest BCUT2D eigenvalue weighted by molar-refractivity contribution is 6.29. The smallest absolute Gasteiger partial charge is 0.0998 e. The number of halogens is 1. The lowest BCUT2D eigenvalue weighted by Crippen LogP contribution is -2.00. The molecule has 2 nitrogen and oxygen atoms in total. The number of nitrogens with two attached hydrogens (primary N) is 2. The molecule has 0 fully saturated rings. The first-order chi connectivity index (χ1) is 6.52. The maximum Gasteiger partial charge on any atom is 0.0998 e. The Balaban J connectivity index is 5.25. The third-order valence-corrected chi connectivity index (χ3v) is 1.78. The Kier molecular flexibility index (Phi) is 5.81. The van der Waals surface area contributed by atoms with Gasteiger partial charge >= 0.3 is 0 Å². The largest absolute Gasteiger partial charge is 0.402 e. The van der Waals surface area contributed by atoms with E-state index in [4.69, 9.17) is 23.1 Å². The van der Waals surface area contributed by atoms with Crippen molar-refractivity contribution in [1.29, 1.82) is 0 Å². The monoisotopic (exact) mass is 212 g/mol. The van der Waals surface area contributed by atoms with Gasteiger partial charge in [-0.3, -0.25) is 0 Å². The van der Waals surface area contributed by atoms with E-state index >= 15 is 0 Å². The van der Waals surface area contributed by atoms with E-state index in [1.54, 1.807) is 6.08 Å². The topological polar surface area (TPSA) is 52.0 Å². The van der Waals surface area contributed by atoms with Crippen LogP contribution in [0.15, 0.2) is 46.3 Å². The second-order valence-electron chi connectivity index (χ2n) is 2.87. The molecule has 0 bridgehead atoms. The molecule has 0 spiro atoms. The van der Waals surface area contributed by atoms with Gasteiger partial charge in [0.2, 0.25) is 0 Å². The standard InChI is InChI=1S/C11H17ClN2/c1-4-6-9(5-2)10(8(3)13)7-11(12)14/h4-7H,13-14H2,1-3H3/b6-4-,9-5+,10-8+,11-7-. The van der Waals surface area contributed by atoms with Crippen LogP contribution in [0.2, 0.25) is 0 Å². The summed E-state index contributed by atoms with van der Waals surface area (Å²) in [5, 5.41) is 0.230. The maximum atomic E-state index is 5.74. The Labute approximate surface area is 90.6 Å². The minimum absolute atomic E-state index is 0.230. The lowest BCUT2D eigenvalue weighted by Gasteiger charge is -2.06. The van der Waals surface area contributed by atoms with Gasteiger partial charge in [0, 0.05) is 11.3 Å². The van der Waals surface area contributed by atoms with Crippen molar-refractivity contribution < 1.29 is 0 Å². The lowest BCUT2D eigenvalue weighted by atomic mass is 10.0. The molecular weight excluding hydrogens is 196 g/mol. The summed E-state index contributed by atoms with van der Waals surface area (Å²) in [6, 6.07) is 0.